The molecule has 0 amide bonds. The maximum atomic E-state index is 13.9. The van der Waals surface area contributed by atoms with Gasteiger partial charge in [-0.15, -0.1) is 0 Å². The number of halogens is 1. The van der Waals surface area contributed by atoms with Gasteiger partial charge in [0.1, 0.15) is 5.82 Å². The van der Waals surface area contributed by atoms with E-state index < -0.39 is 0 Å². The molecule has 1 heterocycles. The van der Waals surface area contributed by atoms with E-state index in [-0.39, 0.29) is 11.8 Å². The molecular weight excluding hydrogens is 259 g/mol. The van der Waals surface area contributed by atoms with Gasteiger partial charge in [0, 0.05) is 26.2 Å². The van der Waals surface area contributed by atoms with Gasteiger partial charge in [-0.1, -0.05) is 6.07 Å². The molecule has 0 aromatic heterocycles. The van der Waals surface area contributed by atoms with Gasteiger partial charge in [-0.05, 0) is 31.5 Å². The Labute approximate surface area is 119 Å². The van der Waals surface area contributed by atoms with Crippen molar-refractivity contribution in [3.05, 3.63) is 29.6 Å². The summed E-state index contributed by atoms with van der Waals surface area (Å²) >= 11 is 0. The van der Waals surface area contributed by atoms with Crippen LogP contribution in [0.25, 0.3) is 0 Å². The normalized spacial score (nSPS) is 16.2. The maximum Gasteiger partial charge on any atom is 0.320 e. The van der Waals surface area contributed by atoms with Crippen molar-refractivity contribution in [2.24, 2.45) is 0 Å². The first-order chi connectivity index (χ1) is 9.60. The van der Waals surface area contributed by atoms with Gasteiger partial charge in [-0.3, -0.25) is 9.69 Å². The molecule has 0 bridgehead atoms. The van der Waals surface area contributed by atoms with Crippen LogP contribution in [-0.4, -0.2) is 50.2 Å². The fourth-order valence-corrected chi connectivity index (χ4v) is 2.40. The Bertz CT molecular complexity index is 471. The van der Waals surface area contributed by atoms with Crippen molar-refractivity contribution in [3.8, 4) is 0 Å². The van der Waals surface area contributed by atoms with Crippen molar-refractivity contribution in [2.45, 2.75) is 13.8 Å². The van der Waals surface area contributed by atoms with Gasteiger partial charge in [0.2, 0.25) is 0 Å². The number of rotatable bonds is 4. The highest BCUT2D eigenvalue weighted by Crippen LogP contribution is 2.21. The smallest absolute Gasteiger partial charge is 0.320 e. The first-order valence-electron chi connectivity index (χ1n) is 6.99. The van der Waals surface area contributed by atoms with E-state index in [1.807, 2.05) is 28.9 Å². The Hall–Kier alpha value is -1.62. The van der Waals surface area contributed by atoms with Gasteiger partial charge < -0.3 is 9.64 Å². The molecule has 0 aliphatic carbocycles. The average molecular weight is 280 g/mol. The van der Waals surface area contributed by atoms with Crippen LogP contribution in [0.2, 0.25) is 0 Å². The summed E-state index contributed by atoms with van der Waals surface area (Å²) in [5.74, 6) is -0.369. The molecule has 0 spiro atoms. The van der Waals surface area contributed by atoms with Gasteiger partial charge in [-0.25, -0.2) is 4.39 Å². The number of hydrogen-bond acceptors (Lipinski definition) is 4. The molecule has 5 heteroatoms. The van der Waals surface area contributed by atoms with Crippen LogP contribution in [-0.2, 0) is 9.53 Å². The van der Waals surface area contributed by atoms with Crippen LogP contribution >= 0.6 is 0 Å². The van der Waals surface area contributed by atoms with Crippen LogP contribution in [0.4, 0.5) is 10.1 Å². The highest BCUT2D eigenvalue weighted by Gasteiger charge is 2.21. The molecule has 0 unspecified atom stereocenters. The lowest BCUT2D eigenvalue weighted by Crippen LogP contribution is -2.48. The Kier molecular flexibility index (Phi) is 4.95. The van der Waals surface area contributed by atoms with Crippen LogP contribution in [0.3, 0.4) is 0 Å². The maximum absolute atomic E-state index is 13.9. The second-order valence-electron chi connectivity index (χ2n) is 5.02. The summed E-state index contributed by atoms with van der Waals surface area (Å²) in [4.78, 5) is 15.5. The molecule has 2 rings (SSSR count). The zero-order valence-electron chi connectivity index (χ0n) is 12.1. The number of aryl methyl sites for hydroxylation is 1. The van der Waals surface area contributed by atoms with Gasteiger partial charge in [0.15, 0.2) is 0 Å². The molecule has 0 atom stereocenters. The van der Waals surface area contributed by atoms with Crippen LogP contribution in [0, 0.1) is 12.7 Å². The zero-order valence-corrected chi connectivity index (χ0v) is 12.1. The monoisotopic (exact) mass is 280 g/mol. The van der Waals surface area contributed by atoms with Crippen LogP contribution in [0.15, 0.2) is 18.2 Å². The highest BCUT2D eigenvalue weighted by molar-refractivity contribution is 5.71. The van der Waals surface area contributed by atoms with E-state index in [9.17, 15) is 9.18 Å². The Balaban J connectivity index is 1.89. The predicted octanol–water partition coefficient (Wildman–Crippen LogP) is 1.82. The van der Waals surface area contributed by atoms with Crippen molar-refractivity contribution in [1.29, 1.82) is 0 Å². The van der Waals surface area contributed by atoms with E-state index >= 15 is 0 Å². The minimum Gasteiger partial charge on any atom is -0.465 e. The third-order valence-electron chi connectivity index (χ3n) is 3.47. The summed E-state index contributed by atoms with van der Waals surface area (Å²) in [5, 5.41) is 0. The van der Waals surface area contributed by atoms with E-state index in [1.54, 1.807) is 13.0 Å². The molecule has 4 nitrogen and oxygen atoms in total. The summed E-state index contributed by atoms with van der Waals surface area (Å²) in [7, 11) is 0. The Morgan fingerprint density at radius 3 is 2.60 bits per heavy atom. The van der Waals surface area contributed by atoms with E-state index in [0.717, 1.165) is 31.7 Å². The largest absolute Gasteiger partial charge is 0.465 e. The van der Waals surface area contributed by atoms with Crippen molar-refractivity contribution >= 4 is 11.7 Å². The van der Waals surface area contributed by atoms with E-state index in [1.165, 1.54) is 0 Å². The lowest BCUT2D eigenvalue weighted by Gasteiger charge is -2.35. The number of piperazine rings is 1. The molecule has 1 aromatic rings. The number of nitrogens with zero attached hydrogens (tertiary/aromatic N) is 2. The molecule has 1 aliphatic rings. The molecule has 1 aromatic carbocycles. The number of carbonyl (C=O) groups is 1. The molecule has 20 heavy (non-hydrogen) atoms. The second kappa shape index (κ2) is 6.70. The number of hydrogen-bond donors (Lipinski definition) is 0. The fourth-order valence-electron chi connectivity index (χ4n) is 2.40. The van der Waals surface area contributed by atoms with Gasteiger partial charge >= 0.3 is 5.97 Å². The standard InChI is InChI=1S/C15H21FN2O2/c1-3-20-15(19)11-17-6-8-18(9-7-17)14-5-4-12(2)10-13(14)16/h4-5,10H,3,6-9,11H2,1-2H3. The van der Waals surface area contributed by atoms with Gasteiger partial charge in [0.05, 0.1) is 18.8 Å². The van der Waals surface area contributed by atoms with Crippen molar-refractivity contribution < 1.29 is 13.9 Å². The molecule has 1 fully saturated rings. The summed E-state index contributed by atoms with van der Waals surface area (Å²) in [6.07, 6.45) is 0. The quantitative estimate of drug-likeness (QED) is 0.788. The first-order valence-corrected chi connectivity index (χ1v) is 6.99. The minimum atomic E-state index is -0.192. The van der Waals surface area contributed by atoms with E-state index in [0.29, 0.717) is 18.8 Å². The van der Waals surface area contributed by atoms with Crippen molar-refractivity contribution in [2.75, 3.05) is 44.2 Å². The Morgan fingerprint density at radius 1 is 1.30 bits per heavy atom. The Morgan fingerprint density at radius 2 is 2.00 bits per heavy atom. The molecular formula is C15H21FN2O2. The lowest BCUT2D eigenvalue weighted by atomic mass is 10.2. The fraction of sp³-hybridized carbons (Fsp3) is 0.533. The topological polar surface area (TPSA) is 32.8 Å². The minimum absolute atomic E-state index is 0.177. The SMILES string of the molecule is CCOC(=O)CN1CCN(c2ccc(C)cc2F)CC1. The molecule has 0 radical (unpaired) electrons. The first kappa shape index (κ1) is 14.8. The average Bonchev–Trinajstić information content (AvgIpc) is 2.40. The van der Waals surface area contributed by atoms with E-state index in [2.05, 4.69) is 0 Å². The molecule has 1 saturated heterocycles. The second-order valence-corrected chi connectivity index (χ2v) is 5.02. The van der Waals surface area contributed by atoms with Crippen molar-refractivity contribution in [1.82, 2.24) is 4.90 Å². The summed E-state index contributed by atoms with van der Waals surface area (Å²) in [6.45, 7) is 7.34. The molecule has 1 aliphatic heterocycles. The lowest BCUT2D eigenvalue weighted by molar-refractivity contribution is -0.144. The number of anilines is 1. The molecule has 0 saturated carbocycles. The third kappa shape index (κ3) is 3.70. The molecule has 0 N–H and O–H groups in total. The number of carbonyl (C=O) groups excluding carboxylic acids is 1. The van der Waals surface area contributed by atoms with Gasteiger partial charge in [-0.2, -0.15) is 0 Å². The van der Waals surface area contributed by atoms with Crippen LogP contribution < -0.4 is 4.90 Å². The summed E-state index contributed by atoms with van der Waals surface area (Å²) < 4.78 is 18.8. The summed E-state index contributed by atoms with van der Waals surface area (Å²) in [6, 6.07) is 5.30. The summed E-state index contributed by atoms with van der Waals surface area (Å²) in [5.41, 5.74) is 1.57. The van der Waals surface area contributed by atoms with Crippen LogP contribution in [0.5, 0.6) is 0 Å². The number of ether oxygens (including phenoxy) is 1. The predicted molar refractivity (Wildman–Crippen MR) is 76.4 cm³/mol. The van der Waals surface area contributed by atoms with Gasteiger partial charge in [0.25, 0.3) is 0 Å². The van der Waals surface area contributed by atoms with Crippen LogP contribution in [0.1, 0.15) is 12.5 Å². The highest BCUT2D eigenvalue weighted by atomic mass is 19.1. The number of benzene rings is 1. The van der Waals surface area contributed by atoms with Crippen molar-refractivity contribution in [3.63, 3.8) is 0 Å². The third-order valence-corrected chi connectivity index (χ3v) is 3.47. The van der Waals surface area contributed by atoms with E-state index in [4.69, 9.17) is 4.74 Å². The number of esters is 1. The zero-order chi connectivity index (χ0) is 14.5. The molecule has 110 valence electrons.